The van der Waals surface area contributed by atoms with Crippen molar-refractivity contribution in [2.75, 3.05) is 6.54 Å². The largest absolute Gasteiger partial charge is 0.266 e. The van der Waals surface area contributed by atoms with Crippen molar-refractivity contribution < 1.29 is 8.42 Å². The van der Waals surface area contributed by atoms with Gasteiger partial charge in [0.2, 0.25) is 0 Å². The van der Waals surface area contributed by atoms with Crippen LogP contribution in [0, 0.1) is 12.3 Å². The van der Waals surface area contributed by atoms with Crippen molar-refractivity contribution >= 4 is 10.0 Å². The molecule has 0 saturated heterocycles. The lowest BCUT2D eigenvalue weighted by Crippen LogP contribution is -2.25. The summed E-state index contributed by atoms with van der Waals surface area (Å²) in [7, 11) is -3.42. The number of aromatic amines is 1. The maximum Gasteiger partial charge on any atom is 0.257 e. The summed E-state index contributed by atoms with van der Waals surface area (Å²) < 4.78 is 25.5. The van der Waals surface area contributed by atoms with Gasteiger partial charge in [0.25, 0.3) is 10.0 Å². The number of nitrogens with zero attached hydrogens (tertiary/aromatic N) is 1. The van der Waals surface area contributed by atoms with E-state index in [4.69, 9.17) is 6.42 Å². The van der Waals surface area contributed by atoms with Gasteiger partial charge >= 0.3 is 0 Å². The molecule has 0 unspecified atom stereocenters. The molecule has 1 heterocycles. The predicted molar refractivity (Wildman–Crippen MR) is 56.5 cm³/mol. The van der Waals surface area contributed by atoms with E-state index >= 15 is 0 Å². The summed E-state index contributed by atoms with van der Waals surface area (Å²) in [5, 5.41) is 6.05. The third kappa shape index (κ3) is 3.73. The van der Waals surface area contributed by atoms with Crippen LogP contribution >= 0.6 is 0 Å². The van der Waals surface area contributed by atoms with Gasteiger partial charge in [-0.1, -0.05) is 0 Å². The van der Waals surface area contributed by atoms with Crippen LogP contribution in [0.1, 0.15) is 19.3 Å². The summed E-state index contributed by atoms with van der Waals surface area (Å²) >= 11 is 0. The smallest absolute Gasteiger partial charge is 0.257 e. The average molecular weight is 227 g/mol. The van der Waals surface area contributed by atoms with Crippen molar-refractivity contribution in [1.29, 1.82) is 0 Å². The average Bonchev–Trinajstić information content (AvgIpc) is 2.70. The van der Waals surface area contributed by atoms with E-state index in [0.717, 1.165) is 12.8 Å². The molecule has 0 saturated carbocycles. The maximum absolute atomic E-state index is 11.5. The van der Waals surface area contributed by atoms with E-state index in [0.29, 0.717) is 13.0 Å². The van der Waals surface area contributed by atoms with Crippen LogP contribution in [0.5, 0.6) is 0 Å². The first-order valence-electron chi connectivity index (χ1n) is 4.59. The van der Waals surface area contributed by atoms with Crippen molar-refractivity contribution in [2.24, 2.45) is 0 Å². The van der Waals surface area contributed by atoms with Crippen LogP contribution in [0.3, 0.4) is 0 Å². The highest BCUT2D eigenvalue weighted by atomic mass is 32.2. The van der Waals surface area contributed by atoms with Crippen LogP contribution < -0.4 is 4.72 Å². The third-order valence-electron chi connectivity index (χ3n) is 1.80. The molecule has 0 atom stereocenters. The van der Waals surface area contributed by atoms with Gasteiger partial charge in [-0.25, -0.2) is 13.1 Å². The highest BCUT2D eigenvalue weighted by molar-refractivity contribution is 7.89. The summed E-state index contributed by atoms with van der Waals surface area (Å²) in [6.07, 6.45) is 8.70. The Morgan fingerprint density at radius 3 is 2.93 bits per heavy atom. The Kier molecular flexibility index (Phi) is 4.34. The Balaban J connectivity index is 2.36. The summed E-state index contributed by atoms with van der Waals surface area (Å²) in [4.78, 5) is 0. The van der Waals surface area contributed by atoms with E-state index in [-0.39, 0.29) is 5.03 Å². The number of unbranched alkanes of at least 4 members (excludes halogenated alkanes) is 2. The number of terminal acetylenes is 1. The fourth-order valence-electron chi connectivity index (χ4n) is 1.03. The Bertz CT molecular complexity index is 417. The number of H-pyrrole nitrogens is 1. The lowest BCUT2D eigenvalue weighted by Gasteiger charge is -2.02. The van der Waals surface area contributed by atoms with E-state index in [1.54, 1.807) is 0 Å². The standard InChI is InChI=1S/C9H13N3O2S/c1-2-3-4-5-7-11-15(13,14)9-6-8-10-12-9/h1,6,8,11H,3-5,7H2,(H,10,12). The summed E-state index contributed by atoms with van der Waals surface area (Å²) in [5.41, 5.74) is 0. The number of nitrogens with one attached hydrogen (secondary N) is 2. The third-order valence-corrected chi connectivity index (χ3v) is 3.20. The zero-order valence-electron chi connectivity index (χ0n) is 8.23. The molecule has 0 aliphatic carbocycles. The molecule has 1 rings (SSSR count). The first kappa shape index (κ1) is 11.8. The molecule has 0 aliphatic rings. The molecule has 6 heteroatoms. The van der Waals surface area contributed by atoms with Gasteiger partial charge in [0.15, 0.2) is 5.03 Å². The highest BCUT2D eigenvalue weighted by Gasteiger charge is 2.13. The highest BCUT2D eigenvalue weighted by Crippen LogP contribution is 2.02. The monoisotopic (exact) mass is 227 g/mol. The van der Waals surface area contributed by atoms with Gasteiger partial charge in [-0.2, -0.15) is 5.10 Å². The van der Waals surface area contributed by atoms with Crippen molar-refractivity contribution in [2.45, 2.75) is 24.3 Å². The van der Waals surface area contributed by atoms with E-state index < -0.39 is 10.0 Å². The Labute approximate surface area is 89.3 Å². The van der Waals surface area contributed by atoms with Gasteiger partial charge in [0.05, 0.1) is 6.20 Å². The van der Waals surface area contributed by atoms with Crippen molar-refractivity contribution in [1.82, 2.24) is 14.9 Å². The number of hydrogen-bond acceptors (Lipinski definition) is 3. The topological polar surface area (TPSA) is 74.8 Å². The van der Waals surface area contributed by atoms with E-state index in [1.165, 1.54) is 12.3 Å². The first-order chi connectivity index (χ1) is 7.17. The normalized spacial score (nSPS) is 11.1. The van der Waals surface area contributed by atoms with Crippen LogP contribution in [0.2, 0.25) is 0 Å². The molecule has 1 aromatic rings. The second kappa shape index (κ2) is 5.53. The fourth-order valence-corrected chi connectivity index (χ4v) is 2.01. The van der Waals surface area contributed by atoms with Crippen LogP contribution in [0.4, 0.5) is 0 Å². The summed E-state index contributed by atoms with van der Waals surface area (Å²) in [6, 6.07) is 1.41. The van der Waals surface area contributed by atoms with E-state index in [1.807, 2.05) is 0 Å². The number of aromatic nitrogens is 2. The predicted octanol–water partition coefficient (Wildman–Crippen LogP) is 0.491. The SMILES string of the molecule is C#CCCCCNS(=O)(=O)c1ccn[nH]1. The van der Waals surface area contributed by atoms with Gasteiger partial charge < -0.3 is 0 Å². The van der Waals surface area contributed by atoms with Crippen LogP contribution in [0.25, 0.3) is 0 Å². The van der Waals surface area contributed by atoms with Crippen LogP contribution in [-0.2, 0) is 10.0 Å². The van der Waals surface area contributed by atoms with Gasteiger partial charge in [0.1, 0.15) is 0 Å². The molecule has 0 spiro atoms. The first-order valence-corrected chi connectivity index (χ1v) is 6.07. The Morgan fingerprint density at radius 1 is 1.53 bits per heavy atom. The molecule has 15 heavy (non-hydrogen) atoms. The van der Waals surface area contributed by atoms with Crippen LogP contribution in [-0.4, -0.2) is 25.2 Å². The minimum absolute atomic E-state index is 0.0828. The molecule has 2 N–H and O–H groups in total. The molecule has 5 nitrogen and oxygen atoms in total. The molecular formula is C9H13N3O2S. The zero-order chi connectivity index (χ0) is 11.1. The molecule has 82 valence electrons. The molecule has 0 bridgehead atoms. The molecule has 0 aromatic carbocycles. The second-order valence-corrected chi connectivity index (χ2v) is 4.72. The van der Waals surface area contributed by atoms with Gasteiger partial charge in [-0.05, 0) is 18.9 Å². The molecule has 0 fully saturated rings. The number of hydrogen-bond donors (Lipinski definition) is 2. The second-order valence-electron chi connectivity index (χ2n) is 2.98. The van der Waals surface area contributed by atoms with Crippen LogP contribution in [0.15, 0.2) is 17.3 Å². The van der Waals surface area contributed by atoms with Gasteiger partial charge in [-0.3, -0.25) is 5.10 Å². The van der Waals surface area contributed by atoms with Crippen molar-refractivity contribution in [3.05, 3.63) is 12.3 Å². The van der Waals surface area contributed by atoms with Gasteiger partial charge in [0, 0.05) is 13.0 Å². The molecule has 1 aromatic heterocycles. The van der Waals surface area contributed by atoms with E-state index in [9.17, 15) is 8.42 Å². The maximum atomic E-state index is 11.5. The quantitative estimate of drug-likeness (QED) is 0.548. The minimum Gasteiger partial charge on any atom is -0.266 e. The summed E-state index contributed by atoms with van der Waals surface area (Å²) in [6.45, 7) is 0.392. The number of sulfonamides is 1. The van der Waals surface area contributed by atoms with Crippen molar-refractivity contribution in [3.63, 3.8) is 0 Å². The molecule has 0 amide bonds. The lowest BCUT2D eigenvalue weighted by molar-refractivity contribution is 0.573. The fraction of sp³-hybridized carbons (Fsp3) is 0.444. The number of rotatable bonds is 6. The summed E-state index contributed by atoms with van der Waals surface area (Å²) in [5.74, 6) is 2.50. The van der Waals surface area contributed by atoms with E-state index in [2.05, 4.69) is 20.8 Å². The molecule has 0 radical (unpaired) electrons. The molecular weight excluding hydrogens is 214 g/mol. The minimum atomic E-state index is -3.42. The zero-order valence-corrected chi connectivity index (χ0v) is 9.05. The Hall–Kier alpha value is -1.32. The molecule has 0 aliphatic heterocycles. The lowest BCUT2D eigenvalue weighted by atomic mass is 10.2. The van der Waals surface area contributed by atoms with Gasteiger partial charge in [-0.15, -0.1) is 12.3 Å². The van der Waals surface area contributed by atoms with Crippen molar-refractivity contribution in [3.8, 4) is 12.3 Å². The Morgan fingerprint density at radius 2 is 2.33 bits per heavy atom.